The number of rotatable bonds is 6. The fourth-order valence-corrected chi connectivity index (χ4v) is 2.32. The van der Waals surface area contributed by atoms with Gasteiger partial charge in [-0.2, -0.15) is 0 Å². The molecule has 0 bridgehead atoms. The first-order valence-electron chi connectivity index (χ1n) is 6.06. The number of unbranched alkanes of at least 4 members (excludes halogenated alkanes) is 2. The van der Waals surface area contributed by atoms with E-state index in [0.29, 0.717) is 6.42 Å². The van der Waals surface area contributed by atoms with Crippen molar-refractivity contribution in [3.63, 3.8) is 0 Å². The van der Waals surface area contributed by atoms with Gasteiger partial charge in [0.05, 0.1) is 5.69 Å². The van der Waals surface area contributed by atoms with Gasteiger partial charge in [0.1, 0.15) is 0 Å². The van der Waals surface area contributed by atoms with Crippen molar-refractivity contribution in [1.82, 2.24) is 0 Å². The van der Waals surface area contributed by atoms with Crippen LogP contribution < -0.4 is 5.32 Å². The zero-order valence-corrected chi connectivity index (χ0v) is 11.8. The number of para-hydroxylation sites is 1. The summed E-state index contributed by atoms with van der Waals surface area (Å²) in [5.41, 5.74) is 2.03. The Morgan fingerprint density at radius 1 is 1.44 bits per heavy atom. The average Bonchev–Trinajstić information content (AvgIpc) is 2.37. The van der Waals surface area contributed by atoms with Crippen LogP contribution in [0.3, 0.4) is 0 Å². The van der Waals surface area contributed by atoms with Crippen LogP contribution in [0.1, 0.15) is 31.2 Å². The van der Waals surface area contributed by atoms with E-state index in [1.54, 1.807) is 11.8 Å². The highest BCUT2D eigenvalue weighted by atomic mass is 32.2. The van der Waals surface area contributed by atoms with Crippen molar-refractivity contribution >= 4 is 23.4 Å². The molecule has 0 radical (unpaired) electrons. The molecule has 0 saturated carbocycles. The van der Waals surface area contributed by atoms with Gasteiger partial charge in [-0.15, -0.1) is 24.1 Å². The van der Waals surface area contributed by atoms with Crippen LogP contribution in [-0.2, 0) is 4.79 Å². The molecule has 1 rings (SSSR count). The van der Waals surface area contributed by atoms with E-state index in [0.717, 1.165) is 35.4 Å². The number of anilines is 1. The van der Waals surface area contributed by atoms with Gasteiger partial charge in [-0.05, 0) is 37.7 Å². The summed E-state index contributed by atoms with van der Waals surface area (Å²) in [6, 6.07) is 6.03. The minimum absolute atomic E-state index is 0.0663. The van der Waals surface area contributed by atoms with Gasteiger partial charge in [0.25, 0.3) is 0 Å². The van der Waals surface area contributed by atoms with Gasteiger partial charge in [0, 0.05) is 17.7 Å². The molecule has 0 heterocycles. The Hall–Kier alpha value is -1.40. The second-order valence-electron chi connectivity index (χ2n) is 4.11. The lowest BCUT2D eigenvalue weighted by Crippen LogP contribution is -2.12. The van der Waals surface area contributed by atoms with E-state index in [2.05, 4.69) is 11.2 Å². The van der Waals surface area contributed by atoms with Crippen molar-refractivity contribution in [3.8, 4) is 12.3 Å². The monoisotopic (exact) mass is 261 g/mol. The smallest absolute Gasteiger partial charge is 0.224 e. The van der Waals surface area contributed by atoms with Crippen LogP contribution in [0.25, 0.3) is 0 Å². The summed E-state index contributed by atoms with van der Waals surface area (Å²) in [5, 5.41) is 3.00. The number of nitrogens with one attached hydrogen (secondary N) is 1. The Kier molecular flexibility index (Phi) is 6.38. The van der Waals surface area contributed by atoms with E-state index in [9.17, 15) is 4.79 Å². The molecule has 0 unspecified atom stereocenters. The van der Waals surface area contributed by atoms with E-state index >= 15 is 0 Å². The first kappa shape index (κ1) is 14.7. The molecule has 1 aromatic carbocycles. The average molecular weight is 261 g/mol. The fourth-order valence-electron chi connectivity index (χ4n) is 1.69. The van der Waals surface area contributed by atoms with Crippen LogP contribution in [0.5, 0.6) is 0 Å². The minimum atomic E-state index is 0.0663. The quantitative estimate of drug-likeness (QED) is 0.479. The molecule has 1 aromatic rings. The first-order valence-corrected chi connectivity index (χ1v) is 7.28. The third-order valence-electron chi connectivity index (χ3n) is 2.69. The molecule has 0 aliphatic carbocycles. The number of terminal acetylenes is 1. The number of carbonyl (C=O) groups is 1. The summed E-state index contributed by atoms with van der Waals surface area (Å²) in [5.74, 6) is 2.65. The highest BCUT2D eigenvalue weighted by molar-refractivity contribution is 7.98. The second kappa shape index (κ2) is 7.84. The summed E-state index contributed by atoms with van der Waals surface area (Å²) in [6.07, 6.45) is 10.2. The Balaban J connectivity index is 2.56. The Labute approximate surface area is 114 Å². The third-order valence-corrected chi connectivity index (χ3v) is 3.47. The molecule has 0 saturated heterocycles. The summed E-state index contributed by atoms with van der Waals surface area (Å²) in [6.45, 7) is 2.01. The highest BCUT2D eigenvalue weighted by Crippen LogP contribution is 2.28. The standard InChI is InChI=1S/C15H19NOS/c1-4-5-6-7-11-14(17)16-15-12(2)9-8-10-13(15)18-3/h1,8-10H,5-7,11H2,2-3H3,(H,16,17). The van der Waals surface area contributed by atoms with Crippen LogP contribution in [0.15, 0.2) is 23.1 Å². The molecular formula is C15H19NOS. The van der Waals surface area contributed by atoms with Gasteiger partial charge in [-0.25, -0.2) is 0 Å². The van der Waals surface area contributed by atoms with Gasteiger partial charge < -0.3 is 5.32 Å². The molecule has 1 amide bonds. The maximum Gasteiger partial charge on any atom is 0.224 e. The maximum atomic E-state index is 11.8. The van der Waals surface area contributed by atoms with Crippen LogP contribution in [-0.4, -0.2) is 12.2 Å². The van der Waals surface area contributed by atoms with Crippen molar-refractivity contribution in [2.75, 3.05) is 11.6 Å². The summed E-state index contributed by atoms with van der Waals surface area (Å²) >= 11 is 1.64. The molecule has 96 valence electrons. The van der Waals surface area contributed by atoms with Gasteiger partial charge in [-0.1, -0.05) is 12.1 Å². The van der Waals surface area contributed by atoms with Crippen LogP contribution in [0, 0.1) is 19.3 Å². The van der Waals surface area contributed by atoms with Crippen molar-refractivity contribution in [2.45, 2.75) is 37.5 Å². The molecule has 0 aromatic heterocycles. The van der Waals surface area contributed by atoms with E-state index in [4.69, 9.17) is 6.42 Å². The molecule has 0 aliphatic rings. The van der Waals surface area contributed by atoms with Gasteiger partial charge in [0.15, 0.2) is 0 Å². The lowest BCUT2D eigenvalue weighted by Gasteiger charge is -2.12. The normalized spacial score (nSPS) is 9.83. The largest absolute Gasteiger partial charge is 0.325 e. The van der Waals surface area contributed by atoms with Gasteiger partial charge >= 0.3 is 0 Å². The van der Waals surface area contributed by atoms with E-state index in [1.165, 1.54) is 0 Å². The van der Waals surface area contributed by atoms with E-state index in [1.807, 2.05) is 31.4 Å². The Morgan fingerprint density at radius 2 is 2.22 bits per heavy atom. The van der Waals surface area contributed by atoms with Crippen LogP contribution in [0.4, 0.5) is 5.69 Å². The van der Waals surface area contributed by atoms with Crippen molar-refractivity contribution in [3.05, 3.63) is 23.8 Å². The zero-order valence-electron chi connectivity index (χ0n) is 11.0. The number of carbonyl (C=O) groups excluding carboxylic acids is 1. The number of hydrogen-bond acceptors (Lipinski definition) is 2. The van der Waals surface area contributed by atoms with E-state index in [-0.39, 0.29) is 5.91 Å². The molecule has 18 heavy (non-hydrogen) atoms. The van der Waals surface area contributed by atoms with Crippen LogP contribution in [0.2, 0.25) is 0 Å². The molecule has 0 atom stereocenters. The van der Waals surface area contributed by atoms with Crippen molar-refractivity contribution in [2.24, 2.45) is 0 Å². The van der Waals surface area contributed by atoms with E-state index < -0.39 is 0 Å². The molecule has 2 nitrogen and oxygen atoms in total. The predicted molar refractivity (Wildman–Crippen MR) is 78.9 cm³/mol. The molecule has 3 heteroatoms. The number of thioether (sulfide) groups is 1. The lowest BCUT2D eigenvalue weighted by atomic mass is 10.1. The minimum Gasteiger partial charge on any atom is -0.325 e. The van der Waals surface area contributed by atoms with Gasteiger partial charge in [-0.3, -0.25) is 4.79 Å². The molecule has 0 spiro atoms. The molecule has 0 aliphatic heterocycles. The topological polar surface area (TPSA) is 29.1 Å². The lowest BCUT2D eigenvalue weighted by molar-refractivity contribution is -0.116. The Bertz CT molecular complexity index is 448. The first-order chi connectivity index (χ1) is 8.69. The highest BCUT2D eigenvalue weighted by Gasteiger charge is 2.08. The zero-order chi connectivity index (χ0) is 13.4. The summed E-state index contributed by atoms with van der Waals surface area (Å²) in [4.78, 5) is 12.9. The maximum absolute atomic E-state index is 11.8. The van der Waals surface area contributed by atoms with Gasteiger partial charge in [0.2, 0.25) is 5.91 Å². The van der Waals surface area contributed by atoms with Crippen molar-refractivity contribution in [1.29, 1.82) is 0 Å². The third kappa shape index (κ3) is 4.46. The number of amides is 1. The summed E-state index contributed by atoms with van der Waals surface area (Å²) in [7, 11) is 0. The number of hydrogen-bond donors (Lipinski definition) is 1. The molecule has 1 N–H and O–H groups in total. The molecular weight excluding hydrogens is 242 g/mol. The van der Waals surface area contributed by atoms with Crippen molar-refractivity contribution < 1.29 is 4.79 Å². The SMILES string of the molecule is C#CCCCCC(=O)Nc1c(C)cccc1SC. The second-order valence-corrected chi connectivity index (χ2v) is 4.96. The fraction of sp³-hybridized carbons (Fsp3) is 0.400. The number of aryl methyl sites for hydroxylation is 1. The number of benzene rings is 1. The predicted octanol–water partition coefficient (Wildman–Crippen LogP) is 3.85. The molecule has 0 fully saturated rings. The Morgan fingerprint density at radius 3 is 2.89 bits per heavy atom. The summed E-state index contributed by atoms with van der Waals surface area (Å²) < 4.78 is 0. The van der Waals surface area contributed by atoms with Crippen LogP contribution >= 0.6 is 11.8 Å².